The van der Waals surface area contributed by atoms with Crippen molar-refractivity contribution < 1.29 is 19.8 Å². The van der Waals surface area contributed by atoms with Gasteiger partial charge >= 0.3 is 0 Å². The highest BCUT2D eigenvalue weighted by Gasteiger charge is 2.18. The van der Waals surface area contributed by atoms with Gasteiger partial charge in [0.05, 0.1) is 29.7 Å². The number of rotatable bonds is 5. The van der Waals surface area contributed by atoms with Gasteiger partial charge in [0.15, 0.2) is 0 Å². The first-order valence-electron chi connectivity index (χ1n) is 9.91. The molecule has 7 heteroatoms. The van der Waals surface area contributed by atoms with Crippen molar-refractivity contribution in [1.29, 1.82) is 0 Å². The van der Waals surface area contributed by atoms with Crippen molar-refractivity contribution in [1.82, 2.24) is 15.3 Å². The Kier molecular flexibility index (Phi) is 7.38. The van der Waals surface area contributed by atoms with Crippen LogP contribution in [0.5, 0.6) is 5.75 Å². The monoisotopic (exact) mass is 431 g/mol. The smallest absolute Gasteiger partial charge is 0.275 e. The number of hydrogen-bond donors (Lipinski definition) is 3. The average Bonchev–Trinajstić information content (AvgIpc) is 3.30. The van der Waals surface area contributed by atoms with E-state index in [2.05, 4.69) is 0 Å². The lowest BCUT2D eigenvalue weighted by Crippen LogP contribution is -2.19. The van der Waals surface area contributed by atoms with E-state index in [1.54, 1.807) is 24.7 Å². The number of amides is 1. The topological polar surface area (TPSA) is 96.6 Å². The van der Waals surface area contributed by atoms with Crippen LogP contribution in [0, 0.1) is 6.92 Å². The molecular weight excluding hydrogens is 406 g/mol. The average molecular weight is 431 g/mol. The maximum absolute atomic E-state index is 12.1. The number of hydroxylamine groups is 1. The molecule has 4 rings (SSSR count). The number of aryl methyl sites for hydroxylation is 1. The Morgan fingerprint density at radius 3 is 2.25 bits per heavy atom. The lowest BCUT2D eigenvalue weighted by atomic mass is 10.0. The van der Waals surface area contributed by atoms with E-state index in [4.69, 9.17) is 20.1 Å². The summed E-state index contributed by atoms with van der Waals surface area (Å²) in [4.78, 5) is 12.1. The van der Waals surface area contributed by atoms with Crippen molar-refractivity contribution in [3.8, 4) is 34.0 Å². The van der Waals surface area contributed by atoms with E-state index in [1.165, 1.54) is 5.56 Å². The first-order chi connectivity index (χ1) is 15.6. The molecular formula is C25H25N3O4. The quantitative estimate of drug-likeness (QED) is 0.324. The van der Waals surface area contributed by atoms with Crippen LogP contribution in [0.25, 0.3) is 28.2 Å². The third kappa shape index (κ3) is 4.69. The lowest BCUT2D eigenvalue weighted by Gasteiger charge is -2.09. The Morgan fingerprint density at radius 1 is 0.969 bits per heavy atom. The third-order valence-corrected chi connectivity index (χ3v) is 4.92. The van der Waals surface area contributed by atoms with Crippen molar-refractivity contribution in [2.24, 2.45) is 0 Å². The van der Waals surface area contributed by atoms with E-state index in [0.29, 0.717) is 16.8 Å². The first-order valence-corrected chi connectivity index (χ1v) is 9.91. The summed E-state index contributed by atoms with van der Waals surface area (Å²) >= 11 is 0. The van der Waals surface area contributed by atoms with E-state index in [0.717, 1.165) is 29.8 Å². The number of benzene rings is 3. The molecule has 0 saturated carbocycles. The molecule has 0 aliphatic heterocycles. The maximum atomic E-state index is 12.1. The van der Waals surface area contributed by atoms with Crippen molar-refractivity contribution in [2.45, 2.75) is 6.92 Å². The number of aliphatic hydroxyl groups is 1. The maximum Gasteiger partial charge on any atom is 0.275 e. The van der Waals surface area contributed by atoms with Gasteiger partial charge in [-0.05, 0) is 43.3 Å². The molecule has 32 heavy (non-hydrogen) atoms. The van der Waals surface area contributed by atoms with Crippen molar-refractivity contribution in [3.63, 3.8) is 0 Å². The van der Waals surface area contributed by atoms with Crippen molar-refractivity contribution in [3.05, 3.63) is 90.0 Å². The summed E-state index contributed by atoms with van der Waals surface area (Å²) in [5.74, 6) is 0.175. The number of carbonyl (C=O) groups excluding carboxylic acids is 1. The minimum atomic E-state index is -0.582. The van der Waals surface area contributed by atoms with Crippen molar-refractivity contribution in [2.75, 3.05) is 14.2 Å². The Bertz CT molecular complexity index is 1180. The Hall–Kier alpha value is -3.94. The van der Waals surface area contributed by atoms with Crippen LogP contribution >= 0.6 is 0 Å². The second-order valence-corrected chi connectivity index (χ2v) is 6.88. The SMILES string of the molecule is CO.COc1ccc(-n2nc(-c3ccccc3C(=O)NO)cc2-c2ccc(C)cc2)cc1. The second kappa shape index (κ2) is 10.4. The van der Waals surface area contributed by atoms with Gasteiger partial charge in [0, 0.05) is 18.2 Å². The van der Waals surface area contributed by atoms with E-state index >= 15 is 0 Å². The molecule has 7 nitrogen and oxygen atoms in total. The minimum absolute atomic E-state index is 0.342. The van der Waals surface area contributed by atoms with Crippen LogP contribution in [0.3, 0.4) is 0 Å². The fourth-order valence-corrected chi connectivity index (χ4v) is 3.33. The summed E-state index contributed by atoms with van der Waals surface area (Å²) in [5, 5.41) is 20.9. The second-order valence-electron chi connectivity index (χ2n) is 6.88. The van der Waals surface area contributed by atoms with Gasteiger partial charge in [0.25, 0.3) is 5.91 Å². The zero-order valence-corrected chi connectivity index (χ0v) is 18.1. The molecule has 1 amide bonds. The predicted molar refractivity (Wildman–Crippen MR) is 123 cm³/mol. The van der Waals surface area contributed by atoms with E-state index in [9.17, 15) is 4.79 Å². The molecule has 3 N–H and O–H groups in total. The summed E-state index contributed by atoms with van der Waals surface area (Å²) in [6.45, 7) is 2.04. The van der Waals surface area contributed by atoms with Gasteiger partial charge in [0.2, 0.25) is 0 Å². The molecule has 0 atom stereocenters. The molecule has 0 radical (unpaired) electrons. The van der Waals surface area contributed by atoms with Crippen LogP contribution in [0.2, 0.25) is 0 Å². The third-order valence-electron chi connectivity index (χ3n) is 4.92. The van der Waals surface area contributed by atoms with Gasteiger partial charge in [-0.15, -0.1) is 0 Å². The fraction of sp³-hybridized carbons (Fsp3) is 0.120. The molecule has 0 bridgehead atoms. The summed E-state index contributed by atoms with van der Waals surface area (Å²) in [6.07, 6.45) is 0. The lowest BCUT2D eigenvalue weighted by molar-refractivity contribution is 0.0707. The summed E-state index contributed by atoms with van der Waals surface area (Å²) in [6, 6.07) is 24.8. The van der Waals surface area contributed by atoms with Gasteiger partial charge < -0.3 is 9.84 Å². The van der Waals surface area contributed by atoms with E-state index in [1.807, 2.05) is 78.3 Å². The highest BCUT2D eigenvalue weighted by molar-refractivity contribution is 6.00. The molecule has 0 unspecified atom stereocenters. The van der Waals surface area contributed by atoms with Gasteiger partial charge in [-0.2, -0.15) is 5.10 Å². The number of hydrogen-bond acceptors (Lipinski definition) is 5. The molecule has 0 aliphatic carbocycles. The number of nitrogens with zero attached hydrogens (tertiary/aromatic N) is 2. The zero-order valence-electron chi connectivity index (χ0n) is 18.1. The fourth-order valence-electron chi connectivity index (χ4n) is 3.33. The number of aromatic nitrogens is 2. The molecule has 0 spiro atoms. The first kappa shape index (κ1) is 22.7. The van der Waals surface area contributed by atoms with Gasteiger partial charge in [-0.25, -0.2) is 10.2 Å². The Morgan fingerprint density at radius 2 is 1.62 bits per heavy atom. The molecule has 3 aromatic carbocycles. The highest BCUT2D eigenvalue weighted by Crippen LogP contribution is 2.31. The van der Waals surface area contributed by atoms with Gasteiger partial charge in [0.1, 0.15) is 5.75 Å². The Labute approximate surface area is 186 Å². The molecule has 0 fully saturated rings. The summed E-state index contributed by atoms with van der Waals surface area (Å²) in [7, 11) is 2.63. The van der Waals surface area contributed by atoms with Crippen LogP contribution in [0.4, 0.5) is 0 Å². The molecule has 4 aromatic rings. The molecule has 1 heterocycles. The molecule has 0 aliphatic rings. The van der Waals surface area contributed by atoms with Crippen LogP contribution in [-0.2, 0) is 0 Å². The zero-order chi connectivity index (χ0) is 23.1. The van der Waals surface area contributed by atoms with E-state index < -0.39 is 5.91 Å². The molecule has 164 valence electrons. The van der Waals surface area contributed by atoms with Gasteiger partial charge in [-0.3, -0.25) is 10.0 Å². The summed E-state index contributed by atoms with van der Waals surface area (Å²) in [5.41, 5.74) is 7.22. The summed E-state index contributed by atoms with van der Waals surface area (Å²) < 4.78 is 7.10. The molecule has 0 saturated heterocycles. The van der Waals surface area contributed by atoms with Crippen LogP contribution in [0.15, 0.2) is 78.9 Å². The number of methoxy groups -OCH3 is 1. The van der Waals surface area contributed by atoms with E-state index in [-0.39, 0.29) is 0 Å². The number of ether oxygens (including phenoxy) is 1. The number of nitrogens with one attached hydrogen (secondary N) is 1. The van der Waals surface area contributed by atoms with Crippen LogP contribution in [-0.4, -0.2) is 40.2 Å². The standard InChI is InChI=1S/C24H21N3O3.CH4O/c1-16-7-9-17(10-8-16)23-15-22(20-5-3-4-6-21(20)24(28)26-29)25-27(23)18-11-13-19(30-2)14-12-18;1-2/h3-15,29H,1-2H3,(H,26,28);2H,1H3. The normalized spacial score (nSPS) is 10.2. The largest absolute Gasteiger partial charge is 0.497 e. The number of aliphatic hydroxyl groups excluding tert-OH is 1. The van der Waals surface area contributed by atoms with Crippen LogP contribution < -0.4 is 10.2 Å². The predicted octanol–water partition coefficient (Wildman–Crippen LogP) is 4.25. The molecule has 1 aromatic heterocycles. The highest BCUT2D eigenvalue weighted by atomic mass is 16.5. The Balaban J connectivity index is 0.00000141. The number of carbonyl (C=O) groups is 1. The van der Waals surface area contributed by atoms with Crippen molar-refractivity contribution >= 4 is 5.91 Å². The van der Waals surface area contributed by atoms with Gasteiger partial charge in [-0.1, -0.05) is 48.0 Å². The minimum Gasteiger partial charge on any atom is -0.497 e. The van der Waals surface area contributed by atoms with Crippen LogP contribution in [0.1, 0.15) is 15.9 Å².